The summed E-state index contributed by atoms with van der Waals surface area (Å²) >= 11 is 7.60. The van der Waals surface area contributed by atoms with Crippen molar-refractivity contribution in [3.8, 4) is 5.69 Å². The monoisotopic (exact) mass is 418 g/mol. The van der Waals surface area contributed by atoms with E-state index in [4.69, 9.17) is 16.3 Å². The molecule has 0 unspecified atom stereocenters. The maximum atomic E-state index is 14.2. The van der Waals surface area contributed by atoms with Crippen molar-refractivity contribution in [3.05, 3.63) is 64.4 Å². The fourth-order valence-electron chi connectivity index (χ4n) is 3.12. The summed E-state index contributed by atoms with van der Waals surface area (Å²) in [7, 11) is 0. The Morgan fingerprint density at radius 3 is 2.68 bits per heavy atom. The quantitative estimate of drug-likeness (QED) is 0.571. The highest BCUT2D eigenvalue weighted by molar-refractivity contribution is 7.98. The van der Waals surface area contributed by atoms with Crippen LogP contribution in [0.1, 0.15) is 11.1 Å². The predicted molar refractivity (Wildman–Crippen MR) is 110 cm³/mol. The number of halogens is 2. The van der Waals surface area contributed by atoms with E-state index >= 15 is 0 Å². The summed E-state index contributed by atoms with van der Waals surface area (Å²) in [6.07, 6.45) is 0. The lowest BCUT2D eigenvalue weighted by molar-refractivity contribution is 0.122. The molecule has 5 nitrogen and oxygen atoms in total. The summed E-state index contributed by atoms with van der Waals surface area (Å²) in [6.45, 7) is 4.89. The van der Waals surface area contributed by atoms with Crippen LogP contribution >= 0.6 is 23.4 Å². The van der Waals surface area contributed by atoms with E-state index in [0.29, 0.717) is 34.7 Å². The third-order valence-electron chi connectivity index (χ3n) is 4.58. The molecule has 0 saturated carbocycles. The van der Waals surface area contributed by atoms with E-state index in [1.54, 1.807) is 12.1 Å². The maximum absolute atomic E-state index is 14.2. The number of ether oxygens (including phenoxy) is 1. The number of aromatic nitrogens is 3. The number of benzene rings is 2. The molecule has 1 fully saturated rings. The third-order valence-corrected chi connectivity index (χ3v) is 5.89. The van der Waals surface area contributed by atoms with Gasteiger partial charge < -0.3 is 9.64 Å². The van der Waals surface area contributed by atoms with Gasteiger partial charge in [0.05, 0.1) is 18.9 Å². The van der Waals surface area contributed by atoms with Gasteiger partial charge >= 0.3 is 0 Å². The molecule has 2 heterocycles. The van der Waals surface area contributed by atoms with Crippen molar-refractivity contribution < 1.29 is 9.13 Å². The normalized spacial score (nSPS) is 14.5. The average molecular weight is 419 g/mol. The number of aryl methyl sites for hydroxylation is 1. The van der Waals surface area contributed by atoms with E-state index in [2.05, 4.69) is 21.2 Å². The number of rotatable bonds is 5. The van der Waals surface area contributed by atoms with E-state index in [-0.39, 0.29) is 5.82 Å². The Morgan fingerprint density at radius 2 is 1.93 bits per heavy atom. The van der Waals surface area contributed by atoms with E-state index in [9.17, 15) is 4.39 Å². The molecular formula is C20H20ClFN4OS. The van der Waals surface area contributed by atoms with Gasteiger partial charge in [0.2, 0.25) is 5.95 Å². The number of hydrogen-bond acceptors (Lipinski definition) is 5. The molecule has 0 amide bonds. The second-order valence-electron chi connectivity index (χ2n) is 6.55. The first-order chi connectivity index (χ1) is 13.6. The van der Waals surface area contributed by atoms with Gasteiger partial charge in [-0.15, -0.1) is 10.2 Å². The first-order valence-electron chi connectivity index (χ1n) is 9.04. The van der Waals surface area contributed by atoms with Crippen LogP contribution in [-0.4, -0.2) is 41.1 Å². The number of thioether (sulfide) groups is 1. The Kier molecular flexibility index (Phi) is 5.85. The van der Waals surface area contributed by atoms with E-state index in [1.807, 2.05) is 29.7 Å². The lowest BCUT2D eigenvalue weighted by Gasteiger charge is -2.28. The van der Waals surface area contributed by atoms with Crippen molar-refractivity contribution in [3.63, 3.8) is 0 Å². The van der Waals surface area contributed by atoms with Crippen LogP contribution in [0.5, 0.6) is 0 Å². The topological polar surface area (TPSA) is 43.2 Å². The van der Waals surface area contributed by atoms with Crippen molar-refractivity contribution in [2.75, 3.05) is 31.2 Å². The van der Waals surface area contributed by atoms with Crippen LogP contribution in [0.25, 0.3) is 5.69 Å². The zero-order valence-electron chi connectivity index (χ0n) is 15.4. The standard InChI is InChI=1S/C20H20ClFN4OS/c1-14-4-2-5-15(12-14)26-19(25-8-10-27-11-9-25)23-24-20(26)28-13-16-17(21)6-3-7-18(16)22/h2-7,12H,8-11,13H2,1H3. The Morgan fingerprint density at radius 1 is 1.14 bits per heavy atom. The van der Waals surface area contributed by atoms with Gasteiger partial charge in [0.15, 0.2) is 5.16 Å². The number of hydrogen-bond donors (Lipinski definition) is 0. The lowest BCUT2D eigenvalue weighted by Crippen LogP contribution is -2.37. The zero-order chi connectivity index (χ0) is 19.5. The molecule has 8 heteroatoms. The summed E-state index contributed by atoms with van der Waals surface area (Å²) in [5.74, 6) is 0.838. The molecular weight excluding hydrogens is 399 g/mol. The fraction of sp³-hybridized carbons (Fsp3) is 0.300. The van der Waals surface area contributed by atoms with Gasteiger partial charge in [0.1, 0.15) is 5.82 Å². The number of morpholine rings is 1. The largest absolute Gasteiger partial charge is 0.378 e. The first kappa shape index (κ1) is 19.2. The van der Waals surface area contributed by atoms with Crippen molar-refractivity contribution in [1.82, 2.24) is 14.8 Å². The van der Waals surface area contributed by atoms with Gasteiger partial charge in [-0.2, -0.15) is 0 Å². The summed E-state index contributed by atoms with van der Waals surface area (Å²) in [5, 5.41) is 9.96. The minimum Gasteiger partial charge on any atom is -0.378 e. The second kappa shape index (κ2) is 8.51. The summed E-state index contributed by atoms with van der Waals surface area (Å²) in [4.78, 5) is 2.17. The Balaban J connectivity index is 1.69. The molecule has 0 N–H and O–H groups in total. The average Bonchev–Trinajstić information content (AvgIpc) is 3.12. The SMILES string of the molecule is Cc1cccc(-n2c(SCc3c(F)cccc3Cl)nnc2N2CCOCC2)c1. The molecule has 1 aliphatic rings. The fourth-order valence-corrected chi connectivity index (χ4v) is 4.41. The predicted octanol–water partition coefficient (Wildman–Crippen LogP) is 4.50. The van der Waals surface area contributed by atoms with Crippen molar-refractivity contribution in [2.24, 2.45) is 0 Å². The molecule has 0 bridgehead atoms. The van der Waals surface area contributed by atoms with Gasteiger partial charge in [0.25, 0.3) is 0 Å². The van der Waals surface area contributed by atoms with Crippen LogP contribution in [0, 0.1) is 12.7 Å². The molecule has 146 valence electrons. The van der Waals surface area contributed by atoms with Crippen LogP contribution in [0.3, 0.4) is 0 Å². The Hall–Kier alpha value is -2.09. The molecule has 1 aromatic heterocycles. The molecule has 4 rings (SSSR count). The summed E-state index contributed by atoms with van der Waals surface area (Å²) in [6, 6.07) is 12.9. The van der Waals surface area contributed by atoms with E-state index in [0.717, 1.165) is 30.3 Å². The molecule has 1 saturated heterocycles. The second-order valence-corrected chi connectivity index (χ2v) is 7.89. The Labute approximate surface area is 172 Å². The highest BCUT2D eigenvalue weighted by Gasteiger charge is 2.22. The highest BCUT2D eigenvalue weighted by Crippen LogP contribution is 2.32. The summed E-state index contributed by atoms with van der Waals surface area (Å²) < 4.78 is 21.7. The van der Waals surface area contributed by atoms with Crippen molar-refractivity contribution >= 4 is 29.3 Å². The van der Waals surface area contributed by atoms with Crippen molar-refractivity contribution in [1.29, 1.82) is 0 Å². The maximum Gasteiger partial charge on any atom is 0.232 e. The van der Waals surface area contributed by atoms with Gasteiger partial charge in [0, 0.05) is 29.4 Å². The smallest absolute Gasteiger partial charge is 0.232 e. The van der Waals surface area contributed by atoms with Crippen LogP contribution in [0.2, 0.25) is 5.02 Å². The van der Waals surface area contributed by atoms with E-state index in [1.165, 1.54) is 17.8 Å². The van der Waals surface area contributed by atoms with Crippen LogP contribution in [-0.2, 0) is 10.5 Å². The Bertz CT molecular complexity index is 954. The van der Waals surface area contributed by atoms with Gasteiger partial charge in [-0.25, -0.2) is 4.39 Å². The zero-order valence-corrected chi connectivity index (χ0v) is 17.0. The van der Waals surface area contributed by atoms with Gasteiger partial charge in [-0.1, -0.05) is 41.6 Å². The molecule has 0 aliphatic carbocycles. The first-order valence-corrected chi connectivity index (χ1v) is 10.4. The minimum atomic E-state index is -0.310. The van der Waals surface area contributed by atoms with Gasteiger partial charge in [-0.05, 0) is 36.8 Å². The molecule has 0 radical (unpaired) electrons. The minimum absolute atomic E-state index is 0.310. The van der Waals surface area contributed by atoms with Crippen LogP contribution in [0.4, 0.5) is 10.3 Å². The molecule has 3 aromatic rings. The van der Waals surface area contributed by atoms with Gasteiger partial charge in [-0.3, -0.25) is 4.57 Å². The number of nitrogens with zero attached hydrogens (tertiary/aromatic N) is 4. The van der Waals surface area contributed by atoms with Crippen molar-refractivity contribution in [2.45, 2.75) is 17.8 Å². The molecule has 1 aliphatic heterocycles. The molecule has 28 heavy (non-hydrogen) atoms. The molecule has 2 aromatic carbocycles. The van der Waals surface area contributed by atoms with E-state index < -0.39 is 0 Å². The van der Waals surface area contributed by atoms with Crippen LogP contribution < -0.4 is 4.90 Å². The lowest BCUT2D eigenvalue weighted by atomic mass is 10.2. The summed E-state index contributed by atoms with van der Waals surface area (Å²) in [5.41, 5.74) is 2.60. The molecule has 0 spiro atoms. The highest BCUT2D eigenvalue weighted by atomic mass is 35.5. The molecule has 0 atom stereocenters. The number of anilines is 1. The van der Waals surface area contributed by atoms with Crippen LogP contribution in [0.15, 0.2) is 47.6 Å². The third kappa shape index (κ3) is 4.01.